The standard InChI is InChI=1S/C15H28N2O2/c1-12(2)19-11-13-8-15(9-13)4-6-17(7-5-15)10-14(18)16-3/h12-13H,4-11H2,1-3H3,(H,16,18). The lowest BCUT2D eigenvalue weighted by atomic mass is 9.58. The van der Waals surface area contributed by atoms with Crippen molar-refractivity contribution in [1.82, 2.24) is 10.2 Å². The number of nitrogens with zero attached hydrogens (tertiary/aromatic N) is 1. The molecule has 110 valence electrons. The number of likely N-dealkylation sites (tertiary alicyclic amines) is 1. The van der Waals surface area contributed by atoms with E-state index < -0.39 is 0 Å². The molecule has 1 aliphatic carbocycles. The van der Waals surface area contributed by atoms with E-state index in [9.17, 15) is 4.79 Å². The highest BCUT2D eigenvalue weighted by molar-refractivity contribution is 5.77. The van der Waals surface area contributed by atoms with Crippen molar-refractivity contribution in [3.05, 3.63) is 0 Å². The Kier molecular flexibility index (Phi) is 4.85. The number of carbonyl (C=O) groups is 1. The van der Waals surface area contributed by atoms with Crippen LogP contribution in [0.25, 0.3) is 0 Å². The van der Waals surface area contributed by atoms with Crippen LogP contribution in [-0.2, 0) is 9.53 Å². The Balaban J connectivity index is 1.66. The van der Waals surface area contributed by atoms with Gasteiger partial charge in [0, 0.05) is 13.7 Å². The van der Waals surface area contributed by atoms with Crippen LogP contribution in [0.4, 0.5) is 0 Å². The van der Waals surface area contributed by atoms with Crippen LogP contribution in [0.15, 0.2) is 0 Å². The van der Waals surface area contributed by atoms with E-state index in [0.717, 1.165) is 25.6 Å². The van der Waals surface area contributed by atoms with Gasteiger partial charge in [-0.3, -0.25) is 9.69 Å². The summed E-state index contributed by atoms with van der Waals surface area (Å²) in [6.07, 6.45) is 5.51. The number of amides is 1. The number of nitrogens with one attached hydrogen (secondary N) is 1. The molecule has 0 aromatic carbocycles. The number of likely N-dealkylation sites (N-methyl/N-ethyl adjacent to an activating group) is 1. The number of piperidine rings is 1. The fourth-order valence-electron chi connectivity index (χ4n) is 3.49. The van der Waals surface area contributed by atoms with Gasteiger partial charge in [0.05, 0.1) is 12.6 Å². The van der Waals surface area contributed by atoms with Crippen molar-refractivity contribution in [1.29, 1.82) is 0 Å². The summed E-state index contributed by atoms with van der Waals surface area (Å²) in [6, 6.07) is 0. The first kappa shape index (κ1) is 14.8. The molecule has 1 saturated carbocycles. The lowest BCUT2D eigenvalue weighted by Gasteiger charge is -2.52. The van der Waals surface area contributed by atoms with Crippen LogP contribution < -0.4 is 5.32 Å². The predicted molar refractivity (Wildman–Crippen MR) is 76.0 cm³/mol. The molecule has 2 aliphatic rings. The van der Waals surface area contributed by atoms with Gasteiger partial charge < -0.3 is 10.1 Å². The van der Waals surface area contributed by atoms with Gasteiger partial charge in [0.15, 0.2) is 0 Å². The molecule has 0 bridgehead atoms. The van der Waals surface area contributed by atoms with E-state index in [1.54, 1.807) is 7.05 Å². The Morgan fingerprint density at radius 2 is 2.00 bits per heavy atom. The fourth-order valence-corrected chi connectivity index (χ4v) is 3.49. The van der Waals surface area contributed by atoms with Gasteiger partial charge in [0.2, 0.25) is 5.91 Å². The average molecular weight is 268 g/mol. The first-order valence-electron chi connectivity index (χ1n) is 7.57. The van der Waals surface area contributed by atoms with Crippen LogP contribution in [0.1, 0.15) is 39.5 Å². The highest BCUT2D eigenvalue weighted by atomic mass is 16.5. The summed E-state index contributed by atoms with van der Waals surface area (Å²) >= 11 is 0. The average Bonchev–Trinajstić information content (AvgIpc) is 2.35. The molecule has 0 unspecified atom stereocenters. The third-order valence-corrected chi connectivity index (χ3v) is 4.67. The monoisotopic (exact) mass is 268 g/mol. The minimum atomic E-state index is 0.132. The Morgan fingerprint density at radius 3 is 2.53 bits per heavy atom. The maximum Gasteiger partial charge on any atom is 0.233 e. The summed E-state index contributed by atoms with van der Waals surface area (Å²) in [6.45, 7) is 7.85. The second-order valence-corrected chi connectivity index (χ2v) is 6.61. The molecule has 0 aromatic heterocycles. The minimum absolute atomic E-state index is 0.132. The lowest BCUT2D eigenvalue weighted by molar-refractivity contribution is -0.123. The van der Waals surface area contributed by atoms with Crippen molar-refractivity contribution < 1.29 is 9.53 Å². The van der Waals surface area contributed by atoms with E-state index in [-0.39, 0.29) is 5.91 Å². The summed E-state index contributed by atoms with van der Waals surface area (Å²) in [5, 5.41) is 2.70. The van der Waals surface area contributed by atoms with E-state index >= 15 is 0 Å². The largest absolute Gasteiger partial charge is 0.379 e. The number of hydrogen-bond acceptors (Lipinski definition) is 3. The van der Waals surface area contributed by atoms with Crippen molar-refractivity contribution in [3.8, 4) is 0 Å². The zero-order valence-electron chi connectivity index (χ0n) is 12.6. The highest BCUT2D eigenvalue weighted by Crippen LogP contribution is 2.52. The summed E-state index contributed by atoms with van der Waals surface area (Å²) in [7, 11) is 1.71. The molecule has 0 aromatic rings. The van der Waals surface area contributed by atoms with Gasteiger partial charge >= 0.3 is 0 Å². The van der Waals surface area contributed by atoms with Crippen LogP contribution in [-0.4, -0.2) is 50.2 Å². The number of ether oxygens (including phenoxy) is 1. The number of rotatable bonds is 5. The van der Waals surface area contributed by atoms with Gasteiger partial charge in [0.1, 0.15) is 0 Å². The molecule has 0 atom stereocenters. The predicted octanol–water partition coefficient (Wildman–Crippen LogP) is 1.65. The maximum absolute atomic E-state index is 11.4. The van der Waals surface area contributed by atoms with Gasteiger partial charge in [-0.1, -0.05) is 0 Å². The van der Waals surface area contributed by atoms with E-state index in [2.05, 4.69) is 24.1 Å². The molecule has 0 radical (unpaired) electrons. The Hall–Kier alpha value is -0.610. The first-order chi connectivity index (χ1) is 9.03. The summed E-state index contributed by atoms with van der Waals surface area (Å²) in [5.41, 5.74) is 0.574. The maximum atomic E-state index is 11.4. The van der Waals surface area contributed by atoms with Gasteiger partial charge in [0.25, 0.3) is 0 Å². The normalized spacial score (nSPS) is 23.6. The lowest BCUT2D eigenvalue weighted by Crippen LogP contribution is -2.49. The molecule has 4 heteroatoms. The van der Waals surface area contributed by atoms with Crippen molar-refractivity contribution in [3.63, 3.8) is 0 Å². The van der Waals surface area contributed by atoms with Gasteiger partial charge in [-0.05, 0) is 64.0 Å². The van der Waals surface area contributed by atoms with Crippen molar-refractivity contribution >= 4 is 5.91 Å². The van der Waals surface area contributed by atoms with Crippen LogP contribution in [0.2, 0.25) is 0 Å². The Labute approximate surface area is 116 Å². The second-order valence-electron chi connectivity index (χ2n) is 6.61. The number of hydrogen-bond donors (Lipinski definition) is 1. The molecule has 1 spiro atoms. The fraction of sp³-hybridized carbons (Fsp3) is 0.933. The summed E-state index contributed by atoms with van der Waals surface area (Å²) in [5.74, 6) is 0.903. The zero-order valence-corrected chi connectivity index (χ0v) is 12.6. The molecule has 1 amide bonds. The molecular formula is C15H28N2O2. The topological polar surface area (TPSA) is 41.6 Å². The summed E-state index contributed by atoms with van der Waals surface area (Å²) < 4.78 is 5.70. The third-order valence-electron chi connectivity index (χ3n) is 4.67. The Bertz CT molecular complexity index is 301. The van der Waals surface area contributed by atoms with Crippen molar-refractivity contribution in [2.24, 2.45) is 11.3 Å². The van der Waals surface area contributed by atoms with E-state index in [1.165, 1.54) is 25.7 Å². The highest BCUT2D eigenvalue weighted by Gasteiger charge is 2.45. The zero-order chi connectivity index (χ0) is 13.9. The van der Waals surface area contributed by atoms with Crippen LogP contribution in [0.5, 0.6) is 0 Å². The molecule has 19 heavy (non-hydrogen) atoms. The van der Waals surface area contributed by atoms with Crippen molar-refractivity contribution in [2.75, 3.05) is 33.3 Å². The van der Waals surface area contributed by atoms with E-state index in [0.29, 0.717) is 18.1 Å². The molecule has 1 heterocycles. The van der Waals surface area contributed by atoms with Crippen LogP contribution in [0.3, 0.4) is 0 Å². The molecule has 4 nitrogen and oxygen atoms in total. The van der Waals surface area contributed by atoms with E-state index in [1.807, 2.05) is 0 Å². The van der Waals surface area contributed by atoms with Crippen LogP contribution in [0, 0.1) is 11.3 Å². The SMILES string of the molecule is CNC(=O)CN1CCC2(CC1)CC(COC(C)C)C2. The van der Waals surface area contributed by atoms with Gasteiger partial charge in [-0.2, -0.15) is 0 Å². The van der Waals surface area contributed by atoms with Gasteiger partial charge in [-0.15, -0.1) is 0 Å². The van der Waals surface area contributed by atoms with Crippen LogP contribution >= 0.6 is 0 Å². The van der Waals surface area contributed by atoms with E-state index in [4.69, 9.17) is 4.74 Å². The van der Waals surface area contributed by atoms with Gasteiger partial charge in [-0.25, -0.2) is 0 Å². The first-order valence-corrected chi connectivity index (χ1v) is 7.57. The second kappa shape index (κ2) is 6.23. The molecule has 1 saturated heterocycles. The molecule has 2 rings (SSSR count). The molecular weight excluding hydrogens is 240 g/mol. The molecule has 1 aliphatic heterocycles. The molecule has 1 N–H and O–H groups in total. The quantitative estimate of drug-likeness (QED) is 0.824. The smallest absolute Gasteiger partial charge is 0.233 e. The summed E-state index contributed by atoms with van der Waals surface area (Å²) in [4.78, 5) is 13.6. The Morgan fingerprint density at radius 1 is 1.37 bits per heavy atom. The van der Waals surface area contributed by atoms with Crippen molar-refractivity contribution in [2.45, 2.75) is 45.6 Å². The minimum Gasteiger partial charge on any atom is -0.379 e. The number of carbonyl (C=O) groups excluding carboxylic acids is 1. The molecule has 2 fully saturated rings. The third kappa shape index (κ3) is 3.93.